The van der Waals surface area contributed by atoms with E-state index in [1.165, 1.54) is 0 Å². The number of amides is 1. The van der Waals surface area contributed by atoms with Gasteiger partial charge in [0.2, 0.25) is 5.91 Å². The van der Waals surface area contributed by atoms with Gasteiger partial charge in [-0.1, -0.05) is 25.1 Å². The zero-order chi connectivity index (χ0) is 21.6. The summed E-state index contributed by atoms with van der Waals surface area (Å²) >= 11 is 0. The predicted molar refractivity (Wildman–Crippen MR) is 114 cm³/mol. The number of likely N-dealkylation sites (N-methyl/N-ethyl adjacent to an activating group) is 2. The number of carbonyl (C=O) groups excluding carboxylic acids is 1. The van der Waals surface area contributed by atoms with Crippen molar-refractivity contribution in [3.8, 4) is 16.9 Å². The summed E-state index contributed by atoms with van der Waals surface area (Å²) in [6.07, 6.45) is 0. The van der Waals surface area contributed by atoms with Crippen LogP contribution in [-0.4, -0.2) is 65.8 Å². The van der Waals surface area contributed by atoms with Crippen LogP contribution in [0.3, 0.4) is 0 Å². The second kappa shape index (κ2) is 7.89. The molecule has 2 aliphatic rings. The topological polar surface area (TPSA) is 75.0 Å². The average molecular weight is 412 g/mol. The van der Waals surface area contributed by atoms with E-state index in [-0.39, 0.29) is 42.0 Å². The number of aromatic nitrogens is 1. The van der Waals surface area contributed by atoms with Crippen molar-refractivity contribution in [2.24, 2.45) is 11.8 Å². The summed E-state index contributed by atoms with van der Waals surface area (Å²) in [7, 11) is 5.09. The van der Waals surface area contributed by atoms with Crippen molar-refractivity contribution in [1.29, 1.82) is 0 Å². The maximum absolute atomic E-state index is 13.4. The molecule has 7 heteroatoms. The van der Waals surface area contributed by atoms with E-state index in [0.717, 1.165) is 11.3 Å². The third-order valence-corrected chi connectivity index (χ3v) is 6.65. The van der Waals surface area contributed by atoms with Crippen molar-refractivity contribution < 1.29 is 14.6 Å². The van der Waals surface area contributed by atoms with Gasteiger partial charge < -0.3 is 19.3 Å². The molecule has 1 fully saturated rings. The largest absolute Gasteiger partial charge is 0.496 e. The number of pyridine rings is 1. The number of hydrogen-bond donors (Lipinski definition) is 1. The molecule has 1 aromatic carbocycles. The number of ether oxygens (including phenoxy) is 1. The van der Waals surface area contributed by atoms with E-state index in [0.29, 0.717) is 24.4 Å². The van der Waals surface area contributed by atoms with Gasteiger partial charge in [-0.25, -0.2) is 0 Å². The minimum Gasteiger partial charge on any atom is -0.496 e. The van der Waals surface area contributed by atoms with Crippen LogP contribution in [0.4, 0.5) is 0 Å². The van der Waals surface area contributed by atoms with Gasteiger partial charge in [0.1, 0.15) is 5.75 Å². The number of aliphatic hydroxyl groups excluding tert-OH is 1. The zero-order valence-electron chi connectivity index (χ0n) is 17.9. The van der Waals surface area contributed by atoms with Crippen LogP contribution in [-0.2, 0) is 11.3 Å². The first-order valence-electron chi connectivity index (χ1n) is 10.4. The van der Waals surface area contributed by atoms with E-state index >= 15 is 0 Å². The van der Waals surface area contributed by atoms with Gasteiger partial charge in [-0.15, -0.1) is 0 Å². The van der Waals surface area contributed by atoms with Gasteiger partial charge in [0.25, 0.3) is 5.56 Å². The minimum atomic E-state index is -0.372. The molecule has 4 atom stereocenters. The molecule has 0 spiro atoms. The Bertz CT molecular complexity index is 1020. The summed E-state index contributed by atoms with van der Waals surface area (Å²) < 4.78 is 7.27. The zero-order valence-corrected chi connectivity index (χ0v) is 17.9. The molecular weight excluding hydrogens is 382 g/mol. The highest BCUT2D eigenvalue weighted by molar-refractivity contribution is 5.82. The van der Waals surface area contributed by atoms with Gasteiger partial charge in [-0.05, 0) is 24.7 Å². The average Bonchev–Trinajstić information content (AvgIpc) is 3.27. The Morgan fingerprint density at radius 2 is 1.93 bits per heavy atom. The molecule has 0 bridgehead atoms. The number of methoxy groups -OCH3 is 1. The van der Waals surface area contributed by atoms with Crippen molar-refractivity contribution in [2.45, 2.75) is 25.6 Å². The number of benzene rings is 1. The number of likely N-dealkylation sites (tertiary alicyclic amines) is 1. The number of carbonyl (C=O) groups is 1. The number of para-hydroxylation sites is 1. The van der Waals surface area contributed by atoms with Crippen LogP contribution in [0.5, 0.6) is 5.75 Å². The van der Waals surface area contributed by atoms with Gasteiger partial charge in [0, 0.05) is 50.3 Å². The van der Waals surface area contributed by atoms with Crippen molar-refractivity contribution >= 4 is 5.91 Å². The van der Waals surface area contributed by atoms with Gasteiger partial charge in [0.05, 0.1) is 24.8 Å². The van der Waals surface area contributed by atoms with Crippen LogP contribution in [0.15, 0.2) is 41.2 Å². The van der Waals surface area contributed by atoms with E-state index in [2.05, 4.69) is 4.90 Å². The molecule has 160 valence electrons. The number of nitrogens with zero attached hydrogens (tertiary/aromatic N) is 3. The predicted octanol–water partition coefficient (Wildman–Crippen LogP) is 1.60. The minimum absolute atomic E-state index is 0.00448. The smallest absolute Gasteiger partial charge is 0.258 e. The lowest BCUT2D eigenvalue weighted by Crippen LogP contribution is -2.47. The molecule has 0 radical (unpaired) electrons. The first kappa shape index (κ1) is 20.6. The summed E-state index contributed by atoms with van der Waals surface area (Å²) in [5, 5.41) is 10.2. The molecule has 7 nitrogen and oxygen atoms in total. The fraction of sp³-hybridized carbons (Fsp3) is 0.478. The highest BCUT2D eigenvalue weighted by atomic mass is 16.5. The molecule has 1 aromatic heterocycles. The van der Waals surface area contributed by atoms with Crippen molar-refractivity contribution in [2.75, 3.05) is 34.4 Å². The highest BCUT2D eigenvalue weighted by Gasteiger charge is 2.55. The standard InChI is InChI=1S/C23H29N3O4/c1-5-25-20-16(17(13-27)21(25)23(29)24(2)3)12-26-18(20)11-10-15(22(26)28)14-8-6-7-9-19(14)30-4/h6-11,16-17,20-21,27H,5,12-13H2,1-4H3/t16-,17-,20+,21-/m1/s1. The fourth-order valence-corrected chi connectivity index (χ4v) is 5.30. The Hall–Kier alpha value is -2.64. The normalized spacial score (nSPS) is 25.1. The molecule has 0 aliphatic carbocycles. The number of rotatable bonds is 5. The van der Waals surface area contributed by atoms with Crippen LogP contribution in [0.1, 0.15) is 18.7 Å². The molecule has 0 saturated carbocycles. The summed E-state index contributed by atoms with van der Waals surface area (Å²) in [6, 6.07) is 10.9. The van der Waals surface area contributed by atoms with E-state index in [1.54, 1.807) is 26.1 Å². The van der Waals surface area contributed by atoms with Gasteiger partial charge >= 0.3 is 0 Å². The Morgan fingerprint density at radius 1 is 1.20 bits per heavy atom. The maximum atomic E-state index is 13.4. The van der Waals surface area contributed by atoms with Crippen molar-refractivity contribution in [3.05, 3.63) is 52.4 Å². The molecule has 1 amide bonds. The van der Waals surface area contributed by atoms with Crippen LogP contribution < -0.4 is 10.3 Å². The summed E-state index contributed by atoms with van der Waals surface area (Å²) in [5.41, 5.74) is 2.22. The number of fused-ring (bicyclic) bond motifs is 3. The summed E-state index contributed by atoms with van der Waals surface area (Å²) in [6.45, 7) is 3.12. The van der Waals surface area contributed by atoms with E-state index < -0.39 is 0 Å². The molecule has 3 heterocycles. The third kappa shape index (κ3) is 2.96. The molecule has 30 heavy (non-hydrogen) atoms. The fourth-order valence-electron chi connectivity index (χ4n) is 5.30. The summed E-state index contributed by atoms with van der Waals surface area (Å²) in [5.74, 6) is 0.474. The summed E-state index contributed by atoms with van der Waals surface area (Å²) in [4.78, 5) is 30.1. The number of aliphatic hydroxyl groups is 1. The van der Waals surface area contributed by atoms with Crippen LogP contribution >= 0.6 is 0 Å². The van der Waals surface area contributed by atoms with Crippen molar-refractivity contribution in [1.82, 2.24) is 14.4 Å². The van der Waals surface area contributed by atoms with Crippen LogP contribution in [0, 0.1) is 11.8 Å². The molecule has 2 aromatic rings. The van der Waals surface area contributed by atoms with Gasteiger partial charge in [-0.3, -0.25) is 14.5 Å². The SMILES string of the molecule is CCN1[C@@H]2c3ccc(-c4ccccc4OC)c(=O)n3C[C@@H]2[C@@H](CO)[C@@H]1C(=O)N(C)C. The molecule has 2 aliphatic heterocycles. The first-order chi connectivity index (χ1) is 14.4. The molecule has 1 N–H and O–H groups in total. The molecule has 1 saturated heterocycles. The Labute approximate surface area is 176 Å². The lowest BCUT2D eigenvalue weighted by Gasteiger charge is -2.31. The molecule has 0 unspecified atom stereocenters. The molecule has 4 rings (SSSR count). The number of hydrogen-bond acceptors (Lipinski definition) is 5. The highest BCUT2D eigenvalue weighted by Crippen LogP contribution is 2.49. The maximum Gasteiger partial charge on any atom is 0.258 e. The third-order valence-electron chi connectivity index (χ3n) is 6.65. The lowest BCUT2D eigenvalue weighted by molar-refractivity contribution is -0.135. The monoisotopic (exact) mass is 411 g/mol. The van der Waals surface area contributed by atoms with Gasteiger partial charge in [-0.2, -0.15) is 0 Å². The van der Waals surface area contributed by atoms with Crippen LogP contribution in [0.25, 0.3) is 11.1 Å². The van der Waals surface area contributed by atoms with Crippen molar-refractivity contribution in [3.63, 3.8) is 0 Å². The second-order valence-electron chi connectivity index (χ2n) is 8.25. The Morgan fingerprint density at radius 3 is 2.57 bits per heavy atom. The Balaban J connectivity index is 1.80. The van der Waals surface area contributed by atoms with E-state index in [4.69, 9.17) is 4.74 Å². The van der Waals surface area contributed by atoms with Crippen LogP contribution in [0.2, 0.25) is 0 Å². The lowest BCUT2D eigenvalue weighted by atomic mass is 9.88. The first-order valence-corrected chi connectivity index (χ1v) is 10.4. The second-order valence-corrected chi connectivity index (χ2v) is 8.25. The Kier molecular flexibility index (Phi) is 5.42. The van der Waals surface area contributed by atoms with E-state index in [9.17, 15) is 14.7 Å². The molecular formula is C23H29N3O4. The quantitative estimate of drug-likeness (QED) is 0.809. The van der Waals surface area contributed by atoms with E-state index in [1.807, 2.05) is 47.9 Å². The van der Waals surface area contributed by atoms with Gasteiger partial charge in [0.15, 0.2) is 0 Å².